The lowest BCUT2D eigenvalue weighted by atomic mass is 9.91. The van der Waals surface area contributed by atoms with Crippen molar-refractivity contribution in [3.8, 4) is 22.8 Å². The normalized spacial score (nSPS) is 12.0. The molecule has 0 saturated carbocycles. The predicted molar refractivity (Wildman–Crippen MR) is 136 cm³/mol. The van der Waals surface area contributed by atoms with Gasteiger partial charge in [0.25, 0.3) is 0 Å². The molecule has 1 aromatic carbocycles. The summed E-state index contributed by atoms with van der Waals surface area (Å²) < 4.78 is 59.5. The number of ether oxygens (including phenoxy) is 3. The molecule has 0 aliphatic carbocycles. The second-order valence-electron chi connectivity index (χ2n) is 9.52. The number of fused-ring (bicyclic) bond motifs is 1. The Morgan fingerprint density at radius 3 is 2.42 bits per heavy atom. The number of alkyl halides is 3. The summed E-state index contributed by atoms with van der Waals surface area (Å²) in [7, 11) is 0. The number of aromatic nitrogens is 1. The van der Waals surface area contributed by atoms with Crippen LogP contribution in [0, 0.1) is 5.41 Å². The van der Waals surface area contributed by atoms with Crippen molar-refractivity contribution in [2.75, 3.05) is 13.2 Å². The van der Waals surface area contributed by atoms with Crippen molar-refractivity contribution >= 4 is 16.9 Å². The van der Waals surface area contributed by atoms with Gasteiger partial charge < -0.3 is 18.6 Å². The van der Waals surface area contributed by atoms with Crippen molar-refractivity contribution in [3.05, 3.63) is 52.5 Å². The molecule has 10 heteroatoms. The van der Waals surface area contributed by atoms with Crippen molar-refractivity contribution in [1.29, 1.82) is 0 Å². The number of hydrogen-bond acceptors (Lipinski definition) is 7. The molecule has 0 fully saturated rings. The Morgan fingerprint density at radius 2 is 1.74 bits per heavy atom. The Balaban J connectivity index is 1.64. The zero-order valence-corrected chi connectivity index (χ0v) is 21.9. The molecule has 2 aromatic heterocycles. The highest BCUT2D eigenvalue weighted by atomic mass is 19.4. The van der Waals surface area contributed by atoms with E-state index >= 15 is 0 Å². The first-order valence-corrected chi connectivity index (χ1v) is 12.6. The molecule has 2 heterocycles. The van der Waals surface area contributed by atoms with Crippen molar-refractivity contribution in [3.63, 3.8) is 0 Å². The second-order valence-corrected chi connectivity index (χ2v) is 9.52. The number of carbonyl (C=O) groups excluding carboxylic acids is 1. The third-order valence-electron chi connectivity index (χ3n) is 6.27. The number of aryl methyl sites for hydroxylation is 1. The smallest absolute Gasteiger partial charge is 0.478 e. The summed E-state index contributed by atoms with van der Waals surface area (Å²) in [6, 6.07) is 7.19. The van der Waals surface area contributed by atoms with Crippen molar-refractivity contribution < 1.29 is 36.6 Å². The minimum Gasteiger partial charge on any atom is -0.478 e. The fourth-order valence-corrected chi connectivity index (χ4v) is 3.54. The lowest BCUT2D eigenvalue weighted by molar-refractivity contribution is -0.274. The van der Waals surface area contributed by atoms with E-state index in [1.54, 1.807) is 13.0 Å². The van der Waals surface area contributed by atoms with Crippen molar-refractivity contribution in [2.45, 2.75) is 66.2 Å². The molecule has 3 rings (SSSR count). The number of carbonyl (C=O) groups is 1. The van der Waals surface area contributed by atoms with Crippen LogP contribution in [-0.2, 0) is 16.0 Å². The molecule has 0 saturated heterocycles. The molecule has 0 amide bonds. The number of unbranched alkanes of at least 4 members (excludes halogenated alkanes) is 2. The van der Waals surface area contributed by atoms with Gasteiger partial charge in [-0.15, -0.1) is 13.2 Å². The van der Waals surface area contributed by atoms with Gasteiger partial charge in [0, 0.05) is 23.2 Å². The van der Waals surface area contributed by atoms with Gasteiger partial charge in [0.05, 0.1) is 24.2 Å². The SMILES string of the molecule is CCc1ccc(-c2cc3cnc(OCCCCCOC(=O)C(C)(C)CC)cc3oc2=O)c(OC(F)(F)F)c1. The van der Waals surface area contributed by atoms with Gasteiger partial charge >= 0.3 is 18.0 Å². The Hall–Kier alpha value is -3.56. The Morgan fingerprint density at radius 1 is 1.00 bits per heavy atom. The van der Waals surface area contributed by atoms with Gasteiger partial charge in [0.15, 0.2) is 0 Å². The van der Waals surface area contributed by atoms with Crippen LogP contribution >= 0.6 is 0 Å². The summed E-state index contributed by atoms with van der Waals surface area (Å²) in [5.74, 6) is -0.429. The van der Waals surface area contributed by atoms with Gasteiger partial charge in [-0.1, -0.05) is 26.0 Å². The molecular weight excluding hydrogens is 503 g/mol. The zero-order valence-electron chi connectivity index (χ0n) is 21.9. The Labute approximate surface area is 218 Å². The molecule has 0 unspecified atom stereocenters. The van der Waals surface area contributed by atoms with Crippen LogP contribution < -0.4 is 15.1 Å². The van der Waals surface area contributed by atoms with Crippen LogP contribution in [0.4, 0.5) is 13.2 Å². The topological polar surface area (TPSA) is 87.9 Å². The van der Waals surface area contributed by atoms with E-state index in [1.165, 1.54) is 30.5 Å². The summed E-state index contributed by atoms with van der Waals surface area (Å²) in [6.07, 6.45) is -0.0914. The zero-order chi connectivity index (χ0) is 27.9. The molecule has 38 heavy (non-hydrogen) atoms. The molecular formula is C28H32F3NO6. The highest BCUT2D eigenvalue weighted by Gasteiger charge is 2.33. The lowest BCUT2D eigenvalue weighted by Crippen LogP contribution is -2.26. The van der Waals surface area contributed by atoms with Gasteiger partial charge in [-0.3, -0.25) is 4.79 Å². The van der Waals surface area contributed by atoms with E-state index in [0.717, 1.165) is 6.42 Å². The largest absolute Gasteiger partial charge is 0.573 e. The maximum atomic E-state index is 13.0. The summed E-state index contributed by atoms with van der Waals surface area (Å²) in [5.41, 5.74) is -0.579. The molecule has 0 aliphatic heterocycles. The van der Waals surface area contributed by atoms with Gasteiger partial charge in [-0.05, 0) is 63.6 Å². The standard InChI is InChI=1S/C28H32F3NO6/c1-5-18-10-11-20(23(14-18)38-28(29,30)31)21-15-19-17-32-24(16-22(19)37-25(21)33)35-12-8-7-9-13-36-26(34)27(3,4)6-2/h10-11,14-17H,5-9,12-13H2,1-4H3. The Bertz CT molecular complexity index is 1320. The van der Waals surface area contributed by atoms with Crippen molar-refractivity contribution in [2.24, 2.45) is 5.41 Å². The number of esters is 1. The molecule has 0 bridgehead atoms. The maximum absolute atomic E-state index is 13.0. The highest BCUT2D eigenvalue weighted by molar-refractivity contribution is 5.83. The number of hydrogen-bond donors (Lipinski definition) is 0. The average Bonchev–Trinajstić information content (AvgIpc) is 2.86. The lowest BCUT2D eigenvalue weighted by Gasteiger charge is -2.20. The molecule has 206 valence electrons. The first kappa shape index (κ1) is 29.0. The summed E-state index contributed by atoms with van der Waals surface area (Å²) in [5, 5.41) is 0.418. The molecule has 0 radical (unpaired) electrons. The highest BCUT2D eigenvalue weighted by Crippen LogP contribution is 2.35. The minimum absolute atomic E-state index is 0.0283. The van der Waals surface area contributed by atoms with E-state index in [9.17, 15) is 22.8 Å². The van der Waals surface area contributed by atoms with Gasteiger partial charge in [-0.25, -0.2) is 9.78 Å². The average molecular weight is 536 g/mol. The number of nitrogens with zero attached hydrogens (tertiary/aromatic N) is 1. The maximum Gasteiger partial charge on any atom is 0.573 e. The first-order chi connectivity index (χ1) is 17.9. The number of pyridine rings is 1. The Kier molecular flexibility index (Phi) is 9.40. The third-order valence-corrected chi connectivity index (χ3v) is 6.27. The quantitative estimate of drug-likeness (QED) is 0.185. The number of rotatable bonds is 12. The van der Waals surface area contributed by atoms with E-state index in [2.05, 4.69) is 9.72 Å². The first-order valence-electron chi connectivity index (χ1n) is 12.6. The summed E-state index contributed by atoms with van der Waals surface area (Å²) >= 11 is 0. The van der Waals surface area contributed by atoms with Crippen LogP contribution in [-0.4, -0.2) is 30.5 Å². The van der Waals surface area contributed by atoms with E-state index in [-0.39, 0.29) is 28.6 Å². The fraction of sp³-hybridized carbons (Fsp3) is 0.464. The third kappa shape index (κ3) is 7.72. The van der Waals surface area contributed by atoms with Crippen LogP contribution in [0.15, 0.2) is 45.7 Å². The number of benzene rings is 1. The molecule has 0 atom stereocenters. The van der Waals surface area contributed by atoms with Crippen LogP contribution in [0.5, 0.6) is 11.6 Å². The van der Waals surface area contributed by atoms with Crippen molar-refractivity contribution in [1.82, 2.24) is 4.98 Å². The fourth-order valence-electron chi connectivity index (χ4n) is 3.54. The number of halogens is 3. The monoisotopic (exact) mass is 535 g/mol. The summed E-state index contributed by atoms with van der Waals surface area (Å²) in [4.78, 5) is 28.9. The van der Waals surface area contributed by atoms with Gasteiger partial charge in [0.2, 0.25) is 5.88 Å². The van der Waals surface area contributed by atoms with E-state index in [0.29, 0.717) is 49.8 Å². The van der Waals surface area contributed by atoms with Crippen LogP contribution in [0.1, 0.15) is 58.9 Å². The summed E-state index contributed by atoms with van der Waals surface area (Å²) in [6.45, 7) is 8.15. The van der Waals surface area contributed by atoms with E-state index in [4.69, 9.17) is 13.9 Å². The van der Waals surface area contributed by atoms with E-state index in [1.807, 2.05) is 20.8 Å². The van der Waals surface area contributed by atoms with Crippen LogP contribution in [0.3, 0.4) is 0 Å². The molecule has 0 N–H and O–H groups in total. The van der Waals surface area contributed by atoms with Crippen LogP contribution in [0.25, 0.3) is 22.1 Å². The predicted octanol–water partition coefficient (Wildman–Crippen LogP) is 6.84. The molecule has 0 spiro atoms. The molecule has 7 nitrogen and oxygen atoms in total. The minimum atomic E-state index is -4.91. The molecule has 3 aromatic rings. The molecule has 0 aliphatic rings. The second kappa shape index (κ2) is 12.3. The van der Waals surface area contributed by atoms with E-state index < -0.39 is 23.2 Å². The van der Waals surface area contributed by atoms with Gasteiger partial charge in [0.1, 0.15) is 11.3 Å². The van der Waals surface area contributed by atoms with Gasteiger partial charge in [-0.2, -0.15) is 0 Å². The van der Waals surface area contributed by atoms with Crippen LogP contribution in [0.2, 0.25) is 0 Å².